The van der Waals surface area contributed by atoms with Gasteiger partial charge >= 0.3 is 0 Å². The number of halogens is 2. The van der Waals surface area contributed by atoms with Crippen molar-refractivity contribution in [3.63, 3.8) is 0 Å². The van der Waals surface area contributed by atoms with Gasteiger partial charge in [-0.25, -0.2) is 5.01 Å². The Hall–Kier alpha value is -1.32. The summed E-state index contributed by atoms with van der Waals surface area (Å²) in [5, 5.41) is 7.59. The van der Waals surface area contributed by atoms with Crippen LogP contribution in [0.3, 0.4) is 0 Å². The highest BCUT2D eigenvalue weighted by Crippen LogP contribution is 2.22. The van der Waals surface area contributed by atoms with Gasteiger partial charge in [-0.05, 0) is 25.0 Å². The molecule has 0 atom stereocenters. The summed E-state index contributed by atoms with van der Waals surface area (Å²) < 4.78 is 0. The van der Waals surface area contributed by atoms with E-state index in [4.69, 9.17) is 23.2 Å². The Balaban J connectivity index is 2.38. The maximum absolute atomic E-state index is 6.27. The van der Waals surface area contributed by atoms with Crippen LogP contribution in [0.5, 0.6) is 0 Å². The van der Waals surface area contributed by atoms with Crippen molar-refractivity contribution in [2.45, 2.75) is 20.8 Å². The number of hydrogen-bond acceptors (Lipinski definition) is 3. The van der Waals surface area contributed by atoms with Gasteiger partial charge in [0.05, 0.1) is 5.71 Å². The molecular formula is C15H17Cl2N3. The predicted molar refractivity (Wildman–Crippen MR) is 86.6 cm³/mol. The van der Waals surface area contributed by atoms with Crippen LogP contribution < -0.4 is 0 Å². The van der Waals surface area contributed by atoms with Gasteiger partial charge in [-0.3, -0.25) is 4.99 Å². The summed E-state index contributed by atoms with van der Waals surface area (Å²) in [5.41, 5.74) is 2.74. The summed E-state index contributed by atoms with van der Waals surface area (Å²) in [4.78, 5) is 4.33. The van der Waals surface area contributed by atoms with Crippen molar-refractivity contribution in [1.82, 2.24) is 5.01 Å². The van der Waals surface area contributed by atoms with Gasteiger partial charge in [0, 0.05) is 16.3 Å². The summed E-state index contributed by atoms with van der Waals surface area (Å²) >= 11 is 12.5. The number of hydrogen-bond donors (Lipinski definition) is 0. The molecule has 1 aliphatic heterocycles. The van der Waals surface area contributed by atoms with Gasteiger partial charge in [-0.15, -0.1) is 0 Å². The Labute approximate surface area is 129 Å². The number of hydrazone groups is 1. The molecule has 106 valence electrons. The van der Waals surface area contributed by atoms with E-state index in [1.807, 2.05) is 31.2 Å². The Bertz CT molecular complexity index is 589. The van der Waals surface area contributed by atoms with E-state index in [0.717, 1.165) is 17.0 Å². The van der Waals surface area contributed by atoms with Crippen LogP contribution in [-0.4, -0.2) is 23.1 Å². The van der Waals surface area contributed by atoms with Gasteiger partial charge in [0.25, 0.3) is 0 Å². The molecule has 1 heterocycles. The van der Waals surface area contributed by atoms with E-state index in [9.17, 15) is 0 Å². The molecule has 0 radical (unpaired) electrons. The third-order valence-electron chi connectivity index (χ3n) is 2.95. The van der Waals surface area contributed by atoms with Crippen molar-refractivity contribution in [3.05, 3.63) is 46.1 Å². The highest BCUT2D eigenvalue weighted by atomic mass is 35.5. The second-order valence-electron chi connectivity index (χ2n) is 4.93. The number of aliphatic imine (C=N–C) groups is 1. The van der Waals surface area contributed by atoms with Crippen molar-refractivity contribution < 1.29 is 0 Å². The largest absolute Gasteiger partial charge is 0.266 e. The molecular weight excluding hydrogens is 293 g/mol. The third kappa shape index (κ3) is 3.41. The fourth-order valence-electron chi connectivity index (χ4n) is 1.90. The first-order valence-corrected chi connectivity index (χ1v) is 7.24. The Morgan fingerprint density at radius 3 is 2.60 bits per heavy atom. The lowest BCUT2D eigenvalue weighted by atomic mass is 10.0. The normalized spacial score (nSPS) is 16.3. The van der Waals surface area contributed by atoms with E-state index >= 15 is 0 Å². The topological polar surface area (TPSA) is 28.0 Å². The molecule has 0 saturated heterocycles. The highest BCUT2D eigenvalue weighted by molar-refractivity contribution is 6.34. The summed E-state index contributed by atoms with van der Waals surface area (Å²) in [6, 6.07) is 7.70. The fourth-order valence-corrected chi connectivity index (χ4v) is 2.38. The second kappa shape index (κ2) is 6.42. The van der Waals surface area contributed by atoms with Gasteiger partial charge in [0.2, 0.25) is 0 Å². The molecule has 0 amide bonds. The molecule has 0 aromatic heterocycles. The zero-order valence-electron chi connectivity index (χ0n) is 11.8. The van der Waals surface area contributed by atoms with Crippen molar-refractivity contribution in [3.8, 4) is 0 Å². The zero-order valence-corrected chi connectivity index (χ0v) is 13.3. The van der Waals surface area contributed by atoms with E-state index in [0.29, 0.717) is 16.8 Å². The molecule has 2 rings (SSSR count). The lowest BCUT2D eigenvalue weighted by Gasteiger charge is -2.22. The number of benzene rings is 1. The quantitative estimate of drug-likeness (QED) is 0.596. The first-order chi connectivity index (χ1) is 9.49. The SMILES string of the molecule is CC1=NCN(/N=C(/c2ccccc2Cl)C(C)C)C(Cl)=C1. The standard InChI is InChI=1S/C15H17Cl2N3/c1-10(2)15(12-6-4-5-7-13(12)16)19-20-9-18-11(3)8-14(20)17/h4-8,10H,9H2,1-3H3/b19-15+. The van der Waals surface area contributed by atoms with E-state index < -0.39 is 0 Å². The maximum Gasteiger partial charge on any atom is 0.133 e. The highest BCUT2D eigenvalue weighted by Gasteiger charge is 2.16. The van der Waals surface area contributed by atoms with Gasteiger partial charge in [0.1, 0.15) is 11.8 Å². The van der Waals surface area contributed by atoms with Gasteiger partial charge in [-0.1, -0.05) is 55.2 Å². The molecule has 3 nitrogen and oxygen atoms in total. The minimum absolute atomic E-state index is 0.228. The van der Waals surface area contributed by atoms with Crippen LogP contribution in [0.2, 0.25) is 5.02 Å². The smallest absolute Gasteiger partial charge is 0.133 e. The van der Waals surface area contributed by atoms with Crippen LogP contribution in [0.25, 0.3) is 0 Å². The van der Waals surface area contributed by atoms with E-state index in [2.05, 4.69) is 23.9 Å². The molecule has 1 aromatic carbocycles. The fraction of sp³-hybridized carbons (Fsp3) is 0.333. The minimum atomic E-state index is 0.228. The molecule has 0 saturated carbocycles. The summed E-state index contributed by atoms with van der Waals surface area (Å²) in [7, 11) is 0. The van der Waals surface area contributed by atoms with Crippen LogP contribution in [0.4, 0.5) is 0 Å². The molecule has 0 N–H and O–H groups in total. The summed E-state index contributed by atoms with van der Waals surface area (Å²) in [6.07, 6.45) is 1.80. The van der Waals surface area contributed by atoms with Crippen LogP contribution in [0, 0.1) is 5.92 Å². The molecule has 0 bridgehead atoms. The average molecular weight is 310 g/mol. The molecule has 0 fully saturated rings. The summed E-state index contributed by atoms with van der Waals surface area (Å²) in [6.45, 7) is 6.51. The van der Waals surface area contributed by atoms with Crippen LogP contribution >= 0.6 is 23.2 Å². The Morgan fingerprint density at radius 2 is 2.00 bits per heavy atom. The molecule has 0 spiro atoms. The van der Waals surface area contributed by atoms with Crippen molar-refractivity contribution in [2.24, 2.45) is 16.0 Å². The van der Waals surface area contributed by atoms with E-state index in [1.54, 1.807) is 11.1 Å². The lowest BCUT2D eigenvalue weighted by molar-refractivity contribution is 0.394. The first-order valence-electron chi connectivity index (χ1n) is 6.48. The summed E-state index contributed by atoms with van der Waals surface area (Å²) in [5.74, 6) is 0.228. The first kappa shape index (κ1) is 15.1. The van der Waals surface area contributed by atoms with Crippen molar-refractivity contribution in [1.29, 1.82) is 0 Å². The van der Waals surface area contributed by atoms with Crippen LogP contribution in [0.1, 0.15) is 26.3 Å². The number of rotatable bonds is 3. The van der Waals surface area contributed by atoms with Crippen LogP contribution in [0.15, 0.2) is 45.6 Å². The second-order valence-corrected chi connectivity index (χ2v) is 5.72. The van der Waals surface area contributed by atoms with Gasteiger partial charge in [0.15, 0.2) is 0 Å². The van der Waals surface area contributed by atoms with Crippen molar-refractivity contribution in [2.75, 3.05) is 6.67 Å². The Kier molecular flexibility index (Phi) is 4.84. The van der Waals surface area contributed by atoms with Crippen molar-refractivity contribution >= 4 is 34.6 Å². The molecule has 0 aliphatic carbocycles. The van der Waals surface area contributed by atoms with Gasteiger partial charge in [-0.2, -0.15) is 5.10 Å². The minimum Gasteiger partial charge on any atom is -0.266 e. The maximum atomic E-state index is 6.27. The third-order valence-corrected chi connectivity index (χ3v) is 3.59. The molecule has 5 heteroatoms. The monoisotopic (exact) mass is 309 g/mol. The lowest BCUT2D eigenvalue weighted by Crippen LogP contribution is -2.23. The molecule has 20 heavy (non-hydrogen) atoms. The number of allylic oxidation sites excluding steroid dienone is 1. The van der Waals surface area contributed by atoms with E-state index in [-0.39, 0.29) is 5.92 Å². The van der Waals surface area contributed by atoms with Gasteiger partial charge < -0.3 is 0 Å². The molecule has 1 aliphatic rings. The Morgan fingerprint density at radius 1 is 1.30 bits per heavy atom. The zero-order chi connectivity index (χ0) is 14.7. The number of nitrogens with zero attached hydrogens (tertiary/aromatic N) is 3. The molecule has 1 aromatic rings. The predicted octanol–water partition coefficient (Wildman–Crippen LogP) is 4.51. The molecule has 0 unspecified atom stereocenters. The average Bonchev–Trinajstić information content (AvgIpc) is 2.39. The van der Waals surface area contributed by atoms with E-state index in [1.165, 1.54) is 0 Å². The van der Waals surface area contributed by atoms with Crippen LogP contribution in [-0.2, 0) is 0 Å².